The summed E-state index contributed by atoms with van der Waals surface area (Å²) >= 11 is 1.44. The lowest BCUT2D eigenvalue weighted by atomic mass is 10.0. The van der Waals surface area contributed by atoms with E-state index in [1.807, 2.05) is 60.7 Å². The fourth-order valence-electron chi connectivity index (χ4n) is 3.77. The fraction of sp³-hybridized carbons (Fsp3) is 0.240. The van der Waals surface area contributed by atoms with Gasteiger partial charge in [-0.15, -0.1) is 11.8 Å². The zero-order chi connectivity index (χ0) is 23.4. The van der Waals surface area contributed by atoms with Crippen LogP contribution in [0, 0.1) is 0 Å². The van der Waals surface area contributed by atoms with Crippen molar-refractivity contribution in [2.75, 3.05) is 12.4 Å². The molecule has 4 rings (SSSR count). The van der Waals surface area contributed by atoms with Gasteiger partial charge in [-0.1, -0.05) is 66.7 Å². The average Bonchev–Trinajstić information content (AvgIpc) is 2.86. The molecule has 2 aliphatic heterocycles. The highest BCUT2D eigenvalue weighted by Gasteiger charge is 2.52. The maximum atomic E-state index is 13.5. The lowest BCUT2D eigenvalue weighted by molar-refractivity contribution is -0.153. The molecule has 2 aliphatic rings. The van der Waals surface area contributed by atoms with E-state index in [9.17, 15) is 14.4 Å². The Bertz CT molecular complexity index is 1060. The summed E-state index contributed by atoms with van der Waals surface area (Å²) in [5, 5.41) is -0.345. The summed E-state index contributed by atoms with van der Waals surface area (Å²) in [5.74, 6) is -1.14. The minimum atomic E-state index is -0.677. The van der Waals surface area contributed by atoms with Crippen LogP contribution in [0.25, 0.3) is 0 Å². The van der Waals surface area contributed by atoms with Crippen LogP contribution in [-0.4, -0.2) is 46.5 Å². The Morgan fingerprint density at radius 3 is 2.30 bits per heavy atom. The molecule has 7 nitrogen and oxygen atoms in total. The van der Waals surface area contributed by atoms with Gasteiger partial charge in [0.2, 0.25) is 5.91 Å². The molecule has 33 heavy (non-hydrogen) atoms. The molecule has 0 aromatic heterocycles. The third-order valence-electron chi connectivity index (χ3n) is 5.40. The summed E-state index contributed by atoms with van der Waals surface area (Å²) < 4.78 is 11.3. The first-order valence-electron chi connectivity index (χ1n) is 10.5. The highest BCUT2D eigenvalue weighted by Crippen LogP contribution is 2.40. The van der Waals surface area contributed by atoms with Crippen molar-refractivity contribution in [3.63, 3.8) is 0 Å². The summed E-state index contributed by atoms with van der Waals surface area (Å²) in [6.07, 6.45) is 2.19. The van der Waals surface area contributed by atoms with E-state index in [0.717, 1.165) is 11.1 Å². The number of hydrogen-bond donors (Lipinski definition) is 1. The third kappa shape index (κ3) is 4.72. The van der Waals surface area contributed by atoms with E-state index in [1.165, 1.54) is 22.7 Å². The van der Waals surface area contributed by atoms with Gasteiger partial charge >= 0.3 is 11.9 Å². The first kappa shape index (κ1) is 22.8. The number of thioether (sulfide) groups is 1. The molecule has 1 amide bonds. The van der Waals surface area contributed by atoms with Crippen LogP contribution < -0.4 is 5.73 Å². The van der Waals surface area contributed by atoms with Gasteiger partial charge in [0.25, 0.3) is 0 Å². The Labute approximate surface area is 196 Å². The van der Waals surface area contributed by atoms with Gasteiger partial charge in [-0.25, -0.2) is 9.59 Å². The zero-order valence-electron chi connectivity index (χ0n) is 18.0. The number of allylic oxidation sites excluding steroid dienone is 1. The predicted molar refractivity (Wildman–Crippen MR) is 125 cm³/mol. The molecule has 0 unspecified atom stereocenters. The summed E-state index contributed by atoms with van der Waals surface area (Å²) in [6.45, 7) is 1.59. The molecule has 170 valence electrons. The maximum absolute atomic E-state index is 13.5. The summed E-state index contributed by atoms with van der Waals surface area (Å²) in [7, 11) is 0. The maximum Gasteiger partial charge on any atom is 0.356 e. The number of carbonyl (C=O) groups is 3. The second kappa shape index (κ2) is 10.1. The number of benzene rings is 2. The normalized spacial score (nSPS) is 20.0. The molecule has 2 heterocycles. The monoisotopic (exact) mass is 464 g/mol. The number of rotatable bonds is 7. The first-order valence-corrected chi connectivity index (χ1v) is 11.6. The van der Waals surface area contributed by atoms with Gasteiger partial charge in [0.1, 0.15) is 23.7 Å². The van der Waals surface area contributed by atoms with Crippen molar-refractivity contribution >= 4 is 29.6 Å². The second-order valence-corrected chi connectivity index (χ2v) is 8.71. The Balaban J connectivity index is 1.66. The molecule has 0 radical (unpaired) electrons. The SMILES string of the molecule is C/C=C/C(=O)OCC1=C(C(=O)OC(c2ccccc2)c2ccccc2)N2C(=O)[C@@H](N)[C@H]2SC1. The molecule has 0 saturated carbocycles. The van der Waals surface area contributed by atoms with Crippen molar-refractivity contribution in [1.29, 1.82) is 0 Å². The Morgan fingerprint density at radius 1 is 1.12 bits per heavy atom. The topological polar surface area (TPSA) is 98.9 Å². The molecular weight excluding hydrogens is 440 g/mol. The number of amides is 1. The highest BCUT2D eigenvalue weighted by atomic mass is 32.2. The van der Waals surface area contributed by atoms with Crippen LogP contribution in [0.15, 0.2) is 84.1 Å². The van der Waals surface area contributed by atoms with E-state index in [0.29, 0.717) is 11.3 Å². The van der Waals surface area contributed by atoms with Crippen molar-refractivity contribution < 1.29 is 23.9 Å². The number of nitrogens with zero attached hydrogens (tertiary/aromatic N) is 1. The molecule has 2 aromatic carbocycles. The number of carbonyl (C=O) groups excluding carboxylic acids is 3. The van der Waals surface area contributed by atoms with Crippen LogP contribution in [-0.2, 0) is 23.9 Å². The van der Waals surface area contributed by atoms with Crippen LogP contribution in [0.5, 0.6) is 0 Å². The van der Waals surface area contributed by atoms with Gasteiger partial charge in [0, 0.05) is 17.4 Å². The Morgan fingerprint density at radius 2 is 1.73 bits per heavy atom. The van der Waals surface area contributed by atoms with Crippen molar-refractivity contribution in [1.82, 2.24) is 4.90 Å². The van der Waals surface area contributed by atoms with Gasteiger partial charge in [-0.05, 0) is 18.1 Å². The predicted octanol–water partition coefficient (Wildman–Crippen LogP) is 2.94. The zero-order valence-corrected chi connectivity index (χ0v) is 18.9. The highest BCUT2D eigenvalue weighted by molar-refractivity contribution is 8.00. The molecule has 8 heteroatoms. The standard InChI is InChI=1S/C25H24N2O5S/c1-2-9-19(28)31-14-18-15-33-24-20(26)23(29)27(24)21(18)25(30)32-22(16-10-5-3-6-11-16)17-12-7-4-8-13-17/h2-13,20,22,24H,14-15,26H2,1H3/b9-2+/t20-,24-/m1/s1. The summed E-state index contributed by atoms with van der Waals surface area (Å²) in [4.78, 5) is 39.2. The summed E-state index contributed by atoms with van der Waals surface area (Å²) in [5.41, 5.74) is 8.16. The van der Waals surface area contributed by atoms with Gasteiger partial charge in [-0.2, -0.15) is 0 Å². The quantitative estimate of drug-likeness (QED) is 0.382. The molecule has 2 N–H and O–H groups in total. The molecule has 2 atom stereocenters. The van der Waals surface area contributed by atoms with E-state index in [1.54, 1.807) is 13.0 Å². The number of fused-ring (bicyclic) bond motifs is 1. The van der Waals surface area contributed by atoms with Crippen molar-refractivity contribution in [3.8, 4) is 0 Å². The van der Waals surface area contributed by atoms with Crippen molar-refractivity contribution in [2.45, 2.75) is 24.4 Å². The second-order valence-electron chi connectivity index (χ2n) is 7.60. The van der Waals surface area contributed by atoms with Crippen molar-refractivity contribution in [2.24, 2.45) is 5.73 Å². The lowest BCUT2D eigenvalue weighted by Crippen LogP contribution is -2.68. The molecule has 0 aliphatic carbocycles. The smallest absolute Gasteiger partial charge is 0.356 e. The van der Waals surface area contributed by atoms with E-state index < -0.39 is 24.1 Å². The minimum absolute atomic E-state index is 0.107. The number of esters is 2. The van der Waals surface area contributed by atoms with Gasteiger partial charge in [0.05, 0.1) is 0 Å². The molecule has 0 bridgehead atoms. The number of nitrogens with two attached hydrogens (primary N) is 1. The molecule has 1 fully saturated rings. The van der Waals surface area contributed by atoms with Crippen LogP contribution in [0.1, 0.15) is 24.2 Å². The largest absolute Gasteiger partial charge is 0.458 e. The number of ether oxygens (including phenoxy) is 2. The van der Waals surface area contributed by atoms with E-state index in [4.69, 9.17) is 15.2 Å². The van der Waals surface area contributed by atoms with Crippen LogP contribution >= 0.6 is 11.8 Å². The van der Waals surface area contributed by atoms with Crippen LogP contribution in [0.2, 0.25) is 0 Å². The van der Waals surface area contributed by atoms with Crippen molar-refractivity contribution in [3.05, 3.63) is 95.2 Å². The first-order chi connectivity index (χ1) is 16.0. The van der Waals surface area contributed by atoms with E-state index >= 15 is 0 Å². The molecule has 1 saturated heterocycles. The third-order valence-corrected chi connectivity index (χ3v) is 6.76. The Hall–Kier alpha value is -3.36. The molecular formula is C25H24N2O5S. The van der Waals surface area contributed by atoms with Gasteiger partial charge < -0.3 is 15.2 Å². The van der Waals surface area contributed by atoms with E-state index in [2.05, 4.69) is 0 Å². The fourth-order valence-corrected chi connectivity index (χ4v) is 5.04. The molecule has 0 spiro atoms. The Kier molecular flexibility index (Phi) is 6.96. The van der Waals surface area contributed by atoms with Gasteiger partial charge in [-0.3, -0.25) is 9.69 Å². The van der Waals surface area contributed by atoms with Crippen LogP contribution in [0.3, 0.4) is 0 Å². The minimum Gasteiger partial charge on any atom is -0.458 e. The van der Waals surface area contributed by atoms with E-state index in [-0.39, 0.29) is 23.6 Å². The van der Waals surface area contributed by atoms with Crippen LogP contribution in [0.4, 0.5) is 0 Å². The summed E-state index contributed by atoms with van der Waals surface area (Å²) in [6, 6.07) is 18.1. The number of hydrogen-bond acceptors (Lipinski definition) is 7. The number of β-lactam (4-membered cyclic amide) rings is 1. The average molecular weight is 465 g/mol. The molecule has 2 aromatic rings. The van der Waals surface area contributed by atoms with Gasteiger partial charge in [0.15, 0.2) is 6.10 Å². The lowest BCUT2D eigenvalue weighted by Gasteiger charge is -2.48.